The summed E-state index contributed by atoms with van der Waals surface area (Å²) in [5.41, 5.74) is -2.13. The van der Waals surface area contributed by atoms with Crippen molar-refractivity contribution in [2.45, 2.75) is 51.1 Å². The van der Waals surface area contributed by atoms with Crippen LogP contribution in [0.4, 0.5) is 18.0 Å². The zero-order valence-electron chi connectivity index (χ0n) is 16.0. The molecule has 2 atom stereocenters. The number of hydrogen-bond acceptors (Lipinski definition) is 4. The quantitative estimate of drug-likeness (QED) is 0.778. The van der Waals surface area contributed by atoms with E-state index in [0.29, 0.717) is 6.42 Å². The fourth-order valence-corrected chi connectivity index (χ4v) is 4.02. The van der Waals surface area contributed by atoms with E-state index in [-0.39, 0.29) is 24.0 Å². The van der Waals surface area contributed by atoms with Crippen LogP contribution in [0.1, 0.15) is 50.5 Å². The van der Waals surface area contributed by atoms with Gasteiger partial charge in [0.1, 0.15) is 11.3 Å². The van der Waals surface area contributed by atoms with E-state index in [1.54, 1.807) is 20.8 Å². The molecule has 1 aromatic carbocycles. The number of halogens is 3. The van der Waals surface area contributed by atoms with Crippen LogP contribution in [-0.4, -0.2) is 37.4 Å². The molecule has 2 aliphatic rings. The maximum atomic E-state index is 13.0. The number of alkyl halides is 3. The first-order valence-corrected chi connectivity index (χ1v) is 9.12. The molecule has 0 saturated carbocycles. The van der Waals surface area contributed by atoms with E-state index in [4.69, 9.17) is 4.74 Å². The summed E-state index contributed by atoms with van der Waals surface area (Å²) in [6.45, 7) is 5.43. The molecule has 4 rings (SSSR count). The minimum Gasteiger partial charge on any atom is -0.493 e. The molecule has 0 unspecified atom stereocenters. The summed E-state index contributed by atoms with van der Waals surface area (Å²) in [5, 5.41) is 10.7. The maximum absolute atomic E-state index is 13.0. The minimum absolute atomic E-state index is 0.0903. The van der Waals surface area contributed by atoms with E-state index in [2.05, 4.69) is 0 Å². The van der Waals surface area contributed by atoms with E-state index in [9.17, 15) is 27.9 Å². The first-order chi connectivity index (χ1) is 13.4. The summed E-state index contributed by atoms with van der Waals surface area (Å²) in [4.78, 5) is 26.8. The number of aromatic hydroxyl groups is 1. The first kappa shape index (κ1) is 19.4. The molecule has 2 bridgehead atoms. The summed E-state index contributed by atoms with van der Waals surface area (Å²) in [6.07, 6.45) is -4.69. The highest BCUT2D eigenvalue weighted by Crippen LogP contribution is 2.49. The van der Waals surface area contributed by atoms with Crippen LogP contribution in [0.5, 0.6) is 5.88 Å². The molecule has 29 heavy (non-hydrogen) atoms. The number of carbonyl (C=O) groups is 1. The van der Waals surface area contributed by atoms with Gasteiger partial charge in [-0.05, 0) is 45.4 Å². The Bertz CT molecular complexity index is 1050. The Balaban J connectivity index is 1.75. The third kappa shape index (κ3) is 3.06. The third-order valence-corrected chi connectivity index (χ3v) is 5.12. The number of likely N-dealkylation sites (tertiary alicyclic amines) is 1. The van der Waals surface area contributed by atoms with Gasteiger partial charge in [0.2, 0.25) is 5.88 Å². The zero-order chi connectivity index (χ0) is 21.3. The van der Waals surface area contributed by atoms with Crippen molar-refractivity contribution in [2.24, 2.45) is 0 Å². The highest BCUT2D eigenvalue weighted by atomic mass is 19.4. The Hall–Kier alpha value is -2.91. The second-order valence-electron chi connectivity index (χ2n) is 8.28. The van der Waals surface area contributed by atoms with Crippen molar-refractivity contribution >= 4 is 6.09 Å². The second-order valence-corrected chi connectivity index (χ2v) is 8.28. The number of aromatic nitrogens is 2. The van der Waals surface area contributed by atoms with Crippen molar-refractivity contribution < 1.29 is 27.8 Å². The van der Waals surface area contributed by atoms with Gasteiger partial charge >= 0.3 is 18.0 Å². The number of nitrogens with zero attached hydrogens (tertiary/aromatic N) is 3. The lowest BCUT2D eigenvalue weighted by Gasteiger charge is -2.30. The summed E-state index contributed by atoms with van der Waals surface area (Å²) in [5.74, 6) is -0.463. The normalized spacial score (nSPS) is 20.8. The Morgan fingerprint density at radius 1 is 1.24 bits per heavy atom. The van der Waals surface area contributed by atoms with Gasteiger partial charge in [0.25, 0.3) is 0 Å². The number of hydrogen-bond donors (Lipinski definition) is 1. The van der Waals surface area contributed by atoms with Gasteiger partial charge in [-0.15, -0.1) is 0 Å². The fraction of sp³-hybridized carbons (Fsp3) is 0.474. The molecule has 1 saturated heterocycles. The van der Waals surface area contributed by atoms with E-state index in [0.717, 1.165) is 16.7 Å². The molecule has 2 aliphatic heterocycles. The molecule has 7 nitrogen and oxygen atoms in total. The van der Waals surface area contributed by atoms with Gasteiger partial charge in [0.05, 0.1) is 23.3 Å². The van der Waals surface area contributed by atoms with Crippen molar-refractivity contribution in [3.05, 3.63) is 46.0 Å². The molecular formula is C19H20F3N3O4. The third-order valence-electron chi connectivity index (χ3n) is 5.12. The van der Waals surface area contributed by atoms with Gasteiger partial charge in [-0.25, -0.2) is 14.2 Å². The van der Waals surface area contributed by atoms with Gasteiger partial charge in [-0.1, -0.05) is 6.07 Å². The number of ether oxygens (including phenoxy) is 1. The van der Waals surface area contributed by atoms with Crippen LogP contribution in [0.3, 0.4) is 0 Å². The van der Waals surface area contributed by atoms with Crippen LogP contribution in [0, 0.1) is 0 Å². The molecule has 3 heterocycles. The van der Waals surface area contributed by atoms with Gasteiger partial charge in [-0.2, -0.15) is 13.2 Å². The molecule has 0 radical (unpaired) electrons. The van der Waals surface area contributed by atoms with Crippen molar-refractivity contribution in [3.63, 3.8) is 0 Å². The minimum atomic E-state index is -4.58. The fourth-order valence-electron chi connectivity index (χ4n) is 4.02. The zero-order valence-corrected chi connectivity index (χ0v) is 16.0. The van der Waals surface area contributed by atoms with Crippen LogP contribution in [0.25, 0.3) is 5.69 Å². The number of amides is 1. The number of imidazole rings is 1. The first-order valence-electron chi connectivity index (χ1n) is 9.12. The largest absolute Gasteiger partial charge is 0.493 e. The lowest BCUT2D eigenvalue weighted by molar-refractivity contribution is -0.137. The van der Waals surface area contributed by atoms with Gasteiger partial charge in [-0.3, -0.25) is 9.47 Å². The predicted octanol–water partition coefficient (Wildman–Crippen LogP) is 3.60. The summed E-state index contributed by atoms with van der Waals surface area (Å²) >= 11 is 0. The van der Waals surface area contributed by atoms with E-state index in [1.165, 1.54) is 21.6 Å². The van der Waals surface area contributed by atoms with Crippen LogP contribution in [0.15, 0.2) is 29.1 Å². The van der Waals surface area contributed by atoms with Crippen LogP contribution in [-0.2, 0) is 10.9 Å². The monoisotopic (exact) mass is 411 g/mol. The summed E-state index contributed by atoms with van der Waals surface area (Å²) in [7, 11) is 0. The lowest BCUT2D eigenvalue weighted by Crippen LogP contribution is -2.40. The van der Waals surface area contributed by atoms with Crippen molar-refractivity contribution in [3.8, 4) is 11.6 Å². The number of carbonyl (C=O) groups excluding carboxylic acids is 1. The molecule has 1 N–H and O–H groups in total. The number of benzene rings is 1. The lowest BCUT2D eigenvalue weighted by atomic mass is 10.1. The topological polar surface area (TPSA) is 76.7 Å². The molecule has 0 aliphatic carbocycles. The summed E-state index contributed by atoms with van der Waals surface area (Å²) in [6, 6.07) is 3.25. The van der Waals surface area contributed by atoms with E-state index in [1.807, 2.05) is 0 Å². The van der Waals surface area contributed by atoms with Crippen LogP contribution in [0.2, 0.25) is 0 Å². The standard InChI is InChI=1S/C19H20F3N3O4/c1-18(2,3)29-17(28)23-9-12-8-13(23)14-15(26)25(16(27)24(12)14)11-6-4-5-10(7-11)19(20,21)22/h4-7,12-13,26H,8-9H2,1-3H3/t12-,13-/m0/s1. The molecular weight excluding hydrogens is 391 g/mol. The molecule has 2 aromatic rings. The van der Waals surface area contributed by atoms with Crippen LogP contribution < -0.4 is 5.69 Å². The van der Waals surface area contributed by atoms with E-state index < -0.39 is 41.0 Å². The Labute approximate surface area is 163 Å². The average Bonchev–Trinajstić information content (AvgIpc) is 3.24. The molecule has 1 aromatic heterocycles. The average molecular weight is 411 g/mol. The molecule has 156 valence electrons. The molecule has 10 heteroatoms. The van der Waals surface area contributed by atoms with Gasteiger partial charge in [0.15, 0.2) is 0 Å². The highest BCUT2D eigenvalue weighted by Gasteiger charge is 2.50. The van der Waals surface area contributed by atoms with Crippen molar-refractivity contribution in [2.75, 3.05) is 6.54 Å². The molecule has 1 fully saturated rings. The number of rotatable bonds is 1. The van der Waals surface area contributed by atoms with Crippen molar-refractivity contribution in [1.82, 2.24) is 14.0 Å². The highest BCUT2D eigenvalue weighted by molar-refractivity contribution is 5.70. The smallest absolute Gasteiger partial charge is 0.416 e. The second kappa shape index (κ2) is 6.04. The maximum Gasteiger partial charge on any atom is 0.416 e. The van der Waals surface area contributed by atoms with Gasteiger partial charge in [0, 0.05) is 6.54 Å². The molecule has 1 amide bonds. The Morgan fingerprint density at radius 3 is 2.55 bits per heavy atom. The number of fused-ring (bicyclic) bond motifs is 5. The van der Waals surface area contributed by atoms with E-state index >= 15 is 0 Å². The Kier molecular flexibility index (Phi) is 4.04. The molecule has 0 spiro atoms. The van der Waals surface area contributed by atoms with Gasteiger partial charge < -0.3 is 9.84 Å². The predicted molar refractivity (Wildman–Crippen MR) is 96.0 cm³/mol. The van der Waals surface area contributed by atoms with Crippen molar-refractivity contribution in [1.29, 1.82) is 0 Å². The SMILES string of the molecule is CC(C)(C)OC(=O)N1C[C@@H]2C[C@H]1c1c(O)n(-c3cccc(C(F)(F)F)c3)c(=O)n12. The summed E-state index contributed by atoms with van der Waals surface area (Å²) < 4.78 is 46.7. The Morgan fingerprint density at radius 2 is 1.93 bits per heavy atom. The van der Waals surface area contributed by atoms with Crippen LogP contribution >= 0.6 is 0 Å².